The Morgan fingerprint density at radius 2 is 1.14 bits per heavy atom. The molecule has 0 heterocycles. The van der Waals surface area contributed by atoms with Crippen LogP contribution in [-0.2, 0) is 45.2 Å². The molecule has 332 valence electrons. The van der Waals surface area contributed by atoms with Gasteiger partial charge in [0.15, 0.2) is 0 Å². The van der Waals surface area contributed by atoms with E-state index in [0.717, 1.165) is 71.9 Å². The van der Waals surface area contributed by atoms with Crippen molar-refractivity contribution in [3.8, 4) is 0 Å². The van der Waals surface area contributed by atoms with Crippen molar-refractivity contribution in [2.24, 2.45) is 15.9 Å². The molecule has 0 aromatic heterocycles. The second kappa shape index (κ2) is 28.7. The minimum absolute atomic E-state index is 0.136. The molecule has 63 heavy (non-hydrogen) atoms. The summed E-state index contributed by atoms with van der Waals surface area (Å²) >= 11 is 1.90. The Morgan fingerprint density at radius 1 is 0.651 bits per heavy atom. The topological polar surface area (TPSA) is 163 Å². The predicted molar refractivity (Wildman–Crippen MR) is 251 cm³/mol. The van der Waals surface area contributed by atoms with Crippen LogP contribution in [0.3, 0.4) is 0 Å². The van der Waals surface area contributed by atoms with Gasteiger partial charge in [-0.1, -0.05) is 72.8 Å². The van der Waals surface area contributed by atoms with Crippen LogP contribution < -0.4 is 10.6 Å². The number of carbonyl (C=O) groups excluding carboxylic acids is 4. The maximum absolute atomic E-state index is 12.6. The van der Waals surface area contributed by atoms with Gasteiger partial charge in [0.1, 0.15) is 13.2 Å². The van der Waals surface area contributed by atoms with Gasteiger partial charge in [-0.05, 0) is 133 Å². The van der Waals surface area contributed by atoms with Crippen LogP contribution >= 0.6 is 11.8 Å². The summed E-state index contributed by atoms with van der Waals surface area (Å²) in [5.41, 5.74) is 6.24. The Hall–Kier alpha value is -5.89. The summed E-state index contributed by atoms with van der Waals surface area (Å²) in [6, 6.07) is 30.5. The molecule has 4 aromatic carbocycles. The molecule has 0 aliphatic heterocycles. The van der Waals surface area contributed by atoms with Crippen molar-refractivity contribution in [2.75, 3.05) is 56.7 Å². The van der Waals surface area contributed by atoms with Crippen LogP contribution in [-0.4, -0.2) is 79.2 Å². The molecule has 1 atom stereocenters. The molecule has 0 saturated heterocycles. The summed E-state index contributed by atoms with van der Waals surface area (Å²) in [6.45, 7) is 0.275. The van der Waals surface area contributed by atoms with E-state index in [2.05, 4.69) is 26.7 Å². The van der Waals surface area contributed by atoms with E-state index in [1.807, 2.05) is 103 Å². The monoisotopic (exact) mass is 892 g/mol. The SMILES string of the molecule is CO[Si](CCCSCCC(C/C=C/COC(=O)Nc1cccc(Cc2cccc(N=C=O)c2)c1)CC/C=C/COC(=O)Nc1cccc(Cc2cccc(N=C=O)c2)c1)(OC)OC. The van der Waals surface area contributed by atoms with E-state index in [-0.39, 0.29) is 13.2 Å². The molecule has 2 N–H and O–H groups in total. The number of nitrogens with one attached hydrogen (secondary N) is 2. The standard InChI is InChI=1S/C48H56N4O9SSi/c1-57-63(58-2,59-3)29-13-27-62-28-24-38(15-6-8-26-61-48(56)52-46-23-12-19-42(35-46)31-40-17-10-21-44(33-40)50-37-54)14-5-4-7-25-60-47(55)51-45-22-11-18-41(34-45)30-39-16-9-20-43(32-39)49-36-53/h4,6-12,16-23,32-35,38H,5,13-15,24-31H2,1-3H3,(H,51,55)(H,52,56)/b7-4+,8-6+. The van der Waals surface area contributed by atoms with Gasteiger partial charge in [0.2, 0.25) is 12.2 Å². The molecule has 2 amide bonds. The Kier molecular flexibility index (Phi) is 22.6. The molecular formula is C48H56N4O9SSi. The van der Waals surface area contributed by atoms with E-state index in [4.69, 9.17) is 22.8 Å². The van der Waals surface area contributed by atoms with Crippen molar-refractivity contribution in [1.82, 2.24) is 0 Å². The third kappa shape index (κ3) is 19.4. The highest BCUT2D eigenvalue weighted by molar-refractivity contribution is 7.99. The van der Waals surface area contributed by atoms with E-state index >= 15 is 0 Å². The Bertz CT molecular complexity index is 2200. The quantitative estimate of drug-likeness (QED) is 0.0194. The maximum atomic E-state index is 12.6. The molecule has 0 saturated carbocycles. The molecular weight excluding hydrogens is 837 g/mol. The van der Waals surface area contributed by atoms with E-state index in [1.165, 1.54) is 0 Å². The number of thioether (sulfide) groups is 1. The Morgan fingerprint density at radius 3 is 1.65 bits per heavy atom. The minimum Gasteiger partial charge on any atom is -0.445 e. The first-order chi connectivity index (χ1) is 30.8. The number of isocyanates is 2. The molecule has 0 spiro atoms. The van der Waals surface area contributed by atoms with E-state index in [0.29, 0.717) is 41.5 Å². The van der Waals surface area contributed by atoms with Gasteiger partial charge < -0.3 is 22.8 Å². The first-order valence-electron chi connectivity index (χ1n) is 20.7. The summed E-state index contributed by atoms with van der Waals surface area (Å²) < 4.78 is 27.5. The van der Waals surface area contributed by atoms with Crippen LogP contribution in [0.4, 0.5) is 32.3 Å². The van der Waals surface area contributed by atoms with Crippen molar-refractivity contribution < 1.29 is 41.9 Å². The lowest BCUT2D eigenvalue weighted by atomic mass is 9.96. The number of carbonyl (C=O) groups is 2. The molecule has 13 nitrogen and oxygen atoms in total. The molecule has 15 heteroatoms. The Balaban J connectivity index is 1.21. The number of ether oxygens (including phenoxy) is 2. The highest BCUT2D eigenvalue weighted by Gasteiger charge is 2.36. The first kappa shape index (κ1) is 49.8. The van der Waals surface area contributed by atoms with E-state index in [9.17, 15) is 19.2 Å². The molecule has 4 aromatic rings. The van der Waals surface area contributed by atoms with Gasteiger partial charge in [-0.15, -0.1) is 0 Å². The van der Waals surface area contributed by atoms with Crippen LogP contribution in [0.1, 0.15) is 54.4 Å². The number of benzene rings is 4. The predicted octanol–water partition coefficient (Wildman–Crippen LogP) is 10.9. The molecule has 0 aliphatic rings. The average Bonchev–Trinajstić information content (AvgIpc) is 3.28. The molecule has 0 radical (unpaired) electrons. The third-order valence-corrected chi connectivity index (χ3v) is 13.8. The number of amides is 2. The second-order valence-electron chi connectivity index (χ2n) is 14.4. The van der Waals surface area contributed by atoms with Crippen LogP contribution in [0.25, 0.3) is 0 Å². The van der Waals surface area contributed by atoms with Crippen LogP contribution in [0.2, 0.25) is 6.04 Å². The fraction of sp³-hybridized carbons (Fsp3) is 0.333. The lowest BCUT2D eigenvalue weighted by Crippen LogP contribution is -2.42. The fourth-order valence-electron chi connectivity index (χ4n) is 6.68. The van der Waals surface area contributed by atoms with Crippen LogP contribution in [0.15, 0.2) is 131 Å². The van der Waals surface area contributed by atoms with Crippen molar-refractivity contribution in [2.45, 2.75) is 51.0 Å². The van der Waals surface area contributed by atoms with Crippen molar-refractivity contribution in [1.29, 1.82) is 0 Å². The van der Waals surface area contributed by atoms with Gasteiger partial charge in [0, 0.05) is 38.7 Å². The fourth-order valence-corrected chi connectivity index (χ4v) is 9.71. The smallest absolute Gasteiger partial charge is 0.445 e. The average molecular weight is 893 g/mol. The van der Waals surface area contributed by atoms with Gasteiger partial charge in [0.25, 0.3) is 0 Å². The Labute approximate surface area is 375 Å². The molecule has 0 fully saturated rings. The summed E-state index contributed by atoms with van der Waals surface area (Å²) in [4.78, 5) is 53.8. The summed E-state index contributed by atoms with van der Waals surface area (Å²) in [5.74, 6) is 2.35. The zero-order valence-electron chi connectivity index (χ0n) is 36.1. The number of aliphatic imine (C=N–C) groups is 2. The summed E-state index contributed by atoms with van der Waals surface area (Å²) in [6.07, 6.45) is 15.6. The first-order valence-corrected chi connectivity index (χ1v) is 23.8. The molecule has 0 bridgehead atoms. The number of hydrogen-bond acceptors (Lipinski definition) is 12. The van der Waals surface area contributed by atoms with Crippen molar-refractivity contribution >= 4 is 67.7 Å². The molecule has 0 aliphatic carbocycles. The lowest BCUT2D eigenvalue weighted by molar-refractivity contribution is 0.123. The van der Waals surface area contributed by atoms with Gasteiger partial charge in [-0.3, -0.25) is 10.6 Å². The number of nitrogens with zero attached hydrogens (tertiary/aromatic N) is 2. The lowest BCUT2D eigenvalue weighted by Gasteiger charge is -2.24. The van der Waals surface area contributed by atoms with E-state index < -0.39 is 21.0 Å². The van der Waals surface area contributed by atoms with Crippen LogP contribution in [0, 0.1) is 5.92 Å². The number of allylic oxidation sites excluding steroid dienone is 2. The highest BCUT2D eigenvalue weighted by atomic mass is 32.2. The normalized spacial score (nSPS) is 11.7. The third-order valence-electron chi connectivity index (χ3n) is 9.87. The molecule has 4 rings (SSSR count). The van der Waals surface area contributed by atoms with E-state index in [1.54, 1.807) is 57.8 Å². The summed E-state index contributed by atoms with van der Waals surface area (Å²) in [5, 5.41) is 5.59. The van der Waals surface area contributed by atoms with Gasteiger partial charge >= 0.3 is 21.0 Å². The molecule has 1 unspecified atom stereocenters. The minimum atomic E-state index is -2.58. The van der Waals surface area contributed by atoms with Gasteiger partial charge in [-0.2, -0.15) is 21.7 Å². The highest BCUT2D eigenvalue weighted by Crippen LogP contribution is 2.24. The zero-order chi connectivity index (χ0) is 45.0. The maximum Gasteiger partial charge on any atom is 0.500 e. The van der Waals surface area contributed by atoms with Crippen molar-refractivity contribution in [3.05, 3.63) is 144 Å². The zero-order valence-corrected chi connectivity index (χ0v) is 37.9. The van der Waals surface area contributed by atoms with Gasteiger partial charge in [0.05, 0.1) is 11.4 Å². The summed E-state index contributed by atoms with van der Waals surface area (Å²) in [7, 11) is 2.32. The van der Waals surface area contributed by atoms with Crippen molar-refractivity contribution in [3.63, 3.8) is 0 Å². The largest absolute Gasteiger partial charge is 0.500 e. The second-order valence-corrected chi connectivity index (χ2v) is 18.7. The number of anilines is 2. The number of rotatable bonds is 27. The number of hydrogen-bond donors (Lipinski definition) is 2. The van der Waals surface area contributed by atoms with Gasteiger partial charge in [-0.25, -0.2) is 19.2 Å². The van der Waals surface area contributed by atoms with Crippen LogP contribution in [0.5, 0.6) is 0 Å².